The SMILES string of the molecule is CC(C)NS(=O)(=O)CCNC(=O)C1CCCNC1.Cl. The van der Waals surface area contributed by atoms with E-state index < -0.39 is 10.0 Å². The number of carbonyl (C=O) groups is 1. The molecule has 0 aromatic heterocycles. The standard InChI is InChI=1S/C11H23N3O3S.ClH/c1-9(2)14-18(16,17)7-6-13-11(15)10-4-3-5-12-8-10;/h9-10,12,14H,3-8H2,1-2H3,(H,13,15);1H. The van der Waals surface area contributed by atoms with Crippen molar-refractivity contribution in [2.24, 2.45) is 5.92 Å². The summed E-state index contributed by atoms with van der Waals surface area (Å²) >= 11 is 0. The molecule has 1 fully saturated rings. The van der Waals surface area contributed by atoms with Crippen LogP contribution in [0.4, 0.5) is 0 Å². The number of hydrogen-bond donors (Lipinski definition) is 3. The number of rotatable bonds is 6. The van der Waals surface area contributed by atoms with Crippen LogP contribution in [0, 0.1) is 5.92 Å². The molecule has 1 atom stereocenters. The third kappa shape index (κ3) is 7.71. The Bertz CT molecular complexity index is 367. The van der Waals surface area contributed by atoms with Crippen LogP contribution in [-0.4, -0.2) is 45.8 Å². The molecule has 114 valence electrons. The number of amides is 1. The van der Waals surface area contributed by atoms with Gasteiger partial charge in [0.2, 0.25) is 15.9 Å². The molecule has 0 radical (unpaired) electrons. The van der Waals surface area contributed by atoms with Crippen LogP contribution in [-0.2, 0) is 14.8 Å². The number of nitrogens with one attached hydrogen (secondary N) is 3. The Morgan fingerprint density at radius 3 is 2.63 bits per heavy atom. The maximum Gasteiger partial charge on any atom is 0.224 e. The van der Waals surface area contributed by atoms with Crippen LogP contribution in [0.2, 0.25) is 0 Å². The first kappa shape index (κ1) is 18.6. The number of halogens is 1. The summed E-state index contributed by atoms with van der Waals surface area (Å²) in [6.07, 6.45) is 1.86. The van der Waals surface area contributed by atoms with Gasteiger partial charge in [-0.2, -0.15) is 0 Å². The van der Waals surface area contributed by atoms with Gasteiger partial charge < -0.3 is 10.6 Å². The Labute approximate surface area is 121 Å². The summed E-state index contributed by atoms with van der Waals surface area (Å²) in [7, 11) is -3.29. The second-order valence-corrected chi connectivity index (χ2v) is 6.80. The highest BCUT2D eigenvalue weighted by Gasteiger charge is 2.21. The van der Waals surface area contributed by atoms with Crippen molar-refractivity contribution in [1.29, 1.82) is 0 Å². The minimum atomic E-state index is -3.29. The summed E-state index contributed by atoms with van der Waals surface area (Å²) in [6, 6.07) is -0.117. The Morgan fingerprint density at radius 1 is 1.42 bits per heavy atom. The average Bonchev–Trinajstić information content (AvgIpc) is 2.28. The van der Waals surface area contributed by atoms with Gasteiger partial charge in [-0.25, -0.2) is 13.1 Å². The van der Waals surface area contributed by atoms with Gasteiger partial charge in [0, 0.05) is 19.1 Å². The van der Waals surface area contributed by atoms with E-state index in [1.807, 2.05) is 0 Å². The summed E-state index contributed by atoms with van der Waals surface area (Å²) in [5, 5.41) is 5.84. The fourth-order valence-electron chi connectivity index (χ4n) is 1.95. The summed E-state index contributed by atoms with van der Waals surface area (Å²) in [6.45, 7) is 5.34. The third-order valence-electron chi connectivity index (χ3n) is 2.75. The second kappa shape index (κ2) is 8.73. The van der Waals surface area contributed by atoms with E-state index in [0.717, 1.165) is 19.4 Å². The molecule has 0 aromatic carbocycles. The molecule has 8 heteroatoms. The van der Waals surface area contributed by atoms with Crippen LogP contribution < -0.4 is 15.4 Å². The molecule has 0 aromatic rings. The highest BCUT2D eigenvalue weighted by molar-refractivity contribution is 7.89. The third-order valence-corrected chi connectivity index (χ3v) is 4.33. The molecule has 0 saturated carbocycles. The van der Waals surface area contributed by atoms with E-state index in [1.54, 1.807) is 13.8 Å². The van der Waals surface area contributed by atoms with E-state index in [0.29, 0.717) is 6.54 Å². The van der Waals surface area contributed by atoms with Gasteiger partial charge in [0.05, 0.1) is 11.7 Å². The van der Waals surface area contributed by atoms with Crippen molar-refractivity contribution >= 4 is 28.3 Å². The number of piperidine rings is 1. The number of sulfonamides is 1. The van der Waals surface area contributed by atoms with Crippen LogP contribution in [0.25, 0.3) is 0 Å². The van der Waals surface area contributed by atoms with Crippen molar-refractivity contribution in [3.05, 3.63) is 0 Å². The summed E-state index contributed by atoms with van der Waals surface area (Å²) in [5.41, 5.74) is 0. The fraction of sp³-hybridized carbons (Fsp3) is 0.909. The minimum absolute atomic E-state index is 0. The summed E-state index contributed by atoms with van der Waals surface area (Å²) < 4.78 is 25.5. The molecule has 1 rings (SSSR count). The fourth-order valence-corrected chi connectivity index (χ4v) is 3.15. The molecule has 1 aliphatic heterocycles. The quantitative estimate of drug-likeness (QED) is 0.636. The topological polar surface area (TPSA) is 87.3 Å². The molecule has 1 saturated heterocycles. The van der Waals surface area contributed by atoms with Crippen molar-refractivity contribution in [1.82, 2.24) is 15.4 Å². The molecule has 0 spiro atoms. The Hall–Kier alpha value is -0.370. The Balaban J connectivity index is 0.00000324. The molecule has 1 amide bonds. The van der Waals surface area contributed by atoms with Crippen molar-refractivity contribution in [2.45, 2.75) is 32.7 Å². The first-order valence-corrected chi connectivity index (χ1v) is 8.04. The maximum absolute atomic E-state index is 11.7. The molecule has 0 aliphatic carbocycles. The largest absolute Gasteiger partial charge is 0.355 e. The van der Waals surface area contributed by atoms with Gasteiger partial charge in [0.1, 0.15) is 0 Å². The number of carbonyl (C=O) groups excluding carboxylic acids is 1. The zero-order chi connectivity index (χ0) is 13.6. The van der Waals surface area contributed by atoms with Gasteiger partial charge in [-0.15, -0.1) is 12.4 Å². The molecule has 0 bridgehead atoms. The van der Waals surface area contributed by atoms with Gasteiger partial charge in [-0.3, -0.25) is 4.79 Å². The second-order valence-electron chi connectivity index (χ2n) is 4.93. The molecule has 3 N–H and O–H groups in total. The zero-order valence-electron chi connectivity index (χ0n) is 11.4. The van der Waals surface area contributed by atoms with E-state index in [-0.39, 0.29) is 42.6 Å². The van der Waals surface area contributed by atoms with Crippen LogP contribution in [0.5, 0.6) is 0 Å². The Kier molecular flexibility index (Phi) is 8.56. The summed E-state index contributed by atoms with van der Waals surface area (Å²) in [4.78, 5) is 11.7. The van der Waals surface area contributed by atoms with Crippen molar-refractivity contribution < 1.29 is 13.2 Å². The zero-order valence-corrected chi connectivity index (χ0v) is 13.1. The molecule has 1 unspecified atom stereocenters. The van der Waals surface area contributed by atoms with Crippen LogP contribution in [0.3, 0.4) is 0 Å². The molecule has 1 aliphatic rings. The maximum atomic E-state index is 11.7. The molecular formula is C11H24ClN3O3S. The first-order valence-electron chi connectivity index (χ1n) is 6.39. The first-order chi connectivity index (χ1) is 8.41. The summed E-state index contributed by atoms with van der Waals surface area (Å²) in [5.74, 6) is -0.154. The van der Waals surface area contributed by atoms with Gasteiger partial charge in [-0.1, -0.05) is 0 Å². The molecule has 1 heterocycles. The van der Waals surface area contributed by atoms with Crippen LogP contribution >= 0.6 is 12.4 Å². The van der Waals surface area contributed by atoms with Gasteiger partial charge in [0.25, 0.3) is 0 Å². The normalized spacial score (nSPS) is 19.8. The van der Waals surface area contributed by atoms with E-state index in [2.05, 4.69) is 15.4 Å². The molecular weight excluding hydrogens is 290 g/mol. The highest BCUT2D eigenvalue weighted by atomic mass is 35.5. The lowest BCUT2D eigenvalue weighted by Gasteiger charge is -2.21. The van der Waals surface area contributed by atoms with Crippen molar-refractivity contribution in [2.75, 3.05) is 25.4 Å². The predicted octanol–water partition coefficient (Wildman–Crippen LogP) is -0.148. The Morgan fingerprint density at radius 2 is 2.11 bits per heavy atom. The average molecular weight is 314 g/mol. The smallest absolute Gasteiger partial charge is 0.224 e. The van der Waals surface area contributed by atoms with E-state index in [9.17, 15) is 13.2 Å². The molecule has 19 heavy (non-hydrogen) atoms. The lowest BCUT2D eigenvalue weighted by Crippen LogP contribution is -2.43. The van der Waals surface area contributed by atoms with E-state index >= 15 is 0 Å². The highest BCUT2D eigenvalue weighted by Crippen LogP contribution is 2.09. The lowest BCUT2D eigenvalue weighted by molar-refractivity contribution is -0.125. The van der Waals surface area contributed by atoms with E-state index in [4.69, 9.17) is 0 Å². The van der Waals surface area contributed by atoms with Crippen molar-refractivity contribution in [3.63, 3.8) is 0 Å². The van der Waals surface area contributed by atoms with Crippen molar-refractivity contribution in [3.8, 4) is 0 Å². The van der Waals surface area contributed by atoms with Gasteiger partial charge in [0.15, 0.2) is 0 Å². The lowest BCUT2D eigenvalue weighted by atomic mass is 9.99. The van der Waals surface area contributed by atoms with Crippen LogP contribution in [0.15, 0.2) is 0 Å². The number of hydrogen-bond acceptors (Lipinski definition) is 4. The van der Waals surface area contributed by atoms with Gasteiger partial charge >= 0.3 is 0 Å². The predicted molar refractivity (Wildman–Crippen MR) is 77.9 cm³/mol. The van der Waals surface area contributed by atoms with Gasteiger partial charge in [-0.05, 0) is 33.2 Å². The monoisotopic (exact) mass is 313 g/mol. The van der Waals surface area contributed by atoms with E-state index in [1.165, 1.54) is 0 Å². The minimum Gasteiger partial charge on any atom is -0.355 e. The van der Waals surface area contributed by atoms with Crippen LogP contribution in [0.1, 0.15) is 26.7 Å². The molecule has 6 nitrogen and oxygen atoms in total.